The van der Waals surface area contributed by atoms with E-state index in [1.807, 2.05) is 18.2 Å². The zero-order valence-corrected chi connectivity index (χ0v) is 11.4. The van der Waals surface area contributed by atoms with Crippen LogP contribution in [0.1, 0.15) is 25.3 Å². The monoisotopic (exact) mass is 255 g/mol. The Hall–Kier alpha value is -0.870. The molecule has 0 aliphatic rings. The molecule has 17 heavy (non-hydrogen) atoms. The minimum Gasteiger partial charge on any atom is -0.212 e. The minimum atomic E-state index is -3.01. The first-order chi connectivity index (χ1) is 8.06. The van der Waals surface area contributed by atoms with Gasteiger partial charge in [0.2, 0.25) is 10.0 Å². The van der Waals surface area contributed by atoms with Gasteiger partial charge in [0.05, 0.1) is 5.75 Å². The molecule has 0 saturated heterocycles. The zero-order valence-electron chi connectivity index (χ0n) is 10.6. The van der Waals surface area contributed by atoms with Gasteiger partial charge < -0.3 is 0 Å². The van der Waals surface area contributed by atoms with E-state index in [1.54, 1.807) is 14.0 Å². The highest BCUT2D eigenvalue weighted by Gasteiger charge is 2.13. The van der Waals surface area contributed by atoms with Gasteiger partial charge >= 0.3 is 0 Å². The second-order valence-corrected chi connectivity index (χ2v) is 6.53. The van der Waals surface area contributed by atoms with E-state index in [4.69, 9.17) is 0 Å². The lowest BCUT2D eigenvalue weighted by atomic mass is 10.1. The molecule has 0 N–H and O–H groups in total. The summed E-state index contributed by atoms with van der Waals surface area (Å²) in [6.45, 7) is 2.29. The molecule has 0 saturated carbocycles. The van der Waals surface area contributed by atoms with Gasteiger partial charge in [0.1, 0.15) is 0 Å². The van der Waals surface area contributed by atoms with Crippen molar-refractivity contribution in [2.24, 2.45) is 0 Å². The Morgan fingerprint density at radius 2 is 1.76 bits per heavy atom. The fourth-order valence-electron chi connectivity index (χ4n) is 1.67. The van der Waals surface area contributed by atoms with E-state index in [2.05, 4.69) is 12.1 Å². The lowest BCUT2D eigenvalue weighted by Crippen LogP contribution is -2.29. The molecule has 0 amide bonds. The predicted octanol–water partition coefficient (Wildman–Crippen LogP) is 2.29. The van der Waals surface area contributed by atoms with Crippen LogP contribution in [0.4, 0.5) is 0 Å². The van der Waals surface area contributed by atoms with Crippen LogP contribution in [-0.2, 0) is 16.4 Å². The molecular formula is C13H21NO2S. The third-order valence-electron chi connectivity index (χ3n) is 2.87. The summed E-state index contributed by atoms with van der Waals surface area (Å²) in [7, 11) is -1.36. The van der Waals surface area contributed by atoms with E-state index in [-0.39, 0.29) is 5.75 Å². The van der Waals surface area contributed by atoms with Crippen molar-refractivity contribution in [2.75, 3.05) is 19.3 Å². The Kier molecular flexibility index (Phi) is 5.65. The quantitative estimate of drug-likeness (QED) is 0.701. The van der Waals surface area contributed by atoms with Crippen molar-refractivity contribution >= 4 is 10.0 Å². The first kappa shape index (κ1) is 14.2. The van der Waals surface area contributed by atoms with Crippen LogP contribution < -0.4 is 0 Å². The van der Waals surface area contributed by atoms with Gasteiger partial charge in [-0.05, 0) is 31.7 Å². The third-order valence-corrected chi connectivity index (χ3v) is 4.73. The fraction of sp³-hybridized carbons (Fsp3) is 0.538. The second-order valence-electron chi connectivity index (χ2n) is 4.16. The van der Waals surface area contributed by atoms with Crippen molar-refractivity contribution < 1.29 is 8.42 Å². The standard InChI is InChI=1S/C13H21NO2S/c1-3-17(15,16)14(2)12-8-7-11-13-9-5-4-6-10-13/h4-6,9-10H,3,7-8,11-12H2,1-2H3. The second kappa shape index (κ2) is 6.77. The molecule has 0 aliphatic carbocycles. The number of rotatable bonds is 7. The molecule has 0 aliphatic heterocycles. The molecule has 0 aromatic heterocycles. The maximum Gasteiger partial charge on any atom is 0.213 e. The van der Waals surface area contributed by atoms with Crippen molar-refractivity contribution in [3.8, 4) is 0 Å². The number of hydrogen-bond donors (Lipinski definition) is 0. The molecule has 1 aromatic rings. The van der Waals surface area contributed by atoms with E-state index in [1.165, 1.54) is 9.87 Å². The van der Waals surface area contributed by atoms with Gasteiger partial charge in [0, 0.05) is 13.6 Å². The van der Waals surface area contributed by atoms with Gasteiger partial charge in [-0.25, -0.2) is 12.7 Å². The summed E-state index contributed by atoms with van der Waals surface area (Å²) in [4.78, 5) is 0. The Morgan fingerprint density at radius 3 is 2.35 bits per heavy atom. The molecule has 3 nitrogen and oxygen atoms in total. The Labute approximate surface area is 105 Å². The van der Waals surface area contributed by atoms with Crippen LogP contribution in [0.5, 0.6) is 0 Å². The summed E-state index contributed by atoms with van der Waals surface area (Å²) in [5.41, 5.74) is 1.31. The predicted molar refractivity (Wildman–Crippen MR) is 71.5 cm³/mol. The molecule has 4 heteroatoms. The molecule has 0 spiro atoms. The lowest BCUT2D eigenvalue weighted by molar-refractivity contribution is 0.456. The summed E-state index contributed by atoms with van der Waals surface area (Å²) in [5.74, 6) is 0.183. The van der Waals surface area contributed by atoms with Crippen molar-refractivity contribution in [3.05, 3.63) is 35.9 Å². The van der Waals surface area contributed by atoms with Crippen molar-refractivity contribution in [3.63, 3.8) is 0 Å². The highest BCUT2D eigenvalue weighted by atomic mass is 32.2. The average Bonchev–Trinajstić information content (AvgIpc) is 2.35. The summed E-state index contributed by atoms with van der Waals surface area (Å²) < 4.78 is 24.4. The van der Waals surface area contributed by atoms with Crippen LogP contribution >= 0.6 is 0 Å². The molecule has 96 valence electrons. The van der Waals surface area contributed by atoms with Gasteiger partial charge in [0.15, 0.2) is 0 Å². The third kappa shape index (κ3) is 4.88. The molecule has 0 atom stereocenters. The van der Waals surface area contributed by atoms with Crippen LogP contribution in [0.15, 0.2) is 30.3 Å². The number of hydrogen-bond acceptors (Lipinski definition) is 2. The van der Waals surface area contributed by atoms with Gasteiger partial charge in [-0.15, -0.1) is 0 Å². The summed E-state index contributed by atoms with van der Waals surface area (Å²) in [5, 5.41) is 0. The molecule has 1 rings (SSSR count). The van der Waals surface area contributed by atoms with E-state index in [0.717, 1.165) is 19.3 Å². The van der Waals surface area contributed by atoms with Crippen molar-refractivity contribution in [1.29, 1.82) is 0 Å². The number of unbranched alkanes of at least 4 members (excludes halogenated alkanes) is 1. The molecule has 0 heterocycles. The first-order valence-electron chi connectivity index (χ1n) is 6.04. The number of benzene rings is 1. The van der Waals surface area contributed by atoms with E-state index >= 15 is 0 Å². The number of aryl methyl sites for hydroxylation is 1. The van der Waals surface area contributed by atoms with Crippen LogP contribution in [0.3, 0.4) is 0 Å². The topological polar surface area (TPSA) is 37.4 Å². The van der Waals surface area contributed by atoms with Gasteiger partial charge in [-0.2, -0.15) is 0 Å². The first-order valence-corrected chi connectivity index (χ1v) is 7.65. The van der Waals surface area contributed by atoms with E-state index in [0.29, 0.717) is 6.54 Å². The largest absolute Gasteiger partial charge is 0.213 e. The molecule has 0 bridgehead atoms. The highest BCUT2D eigenvalue weighted by molar-refractivity contribution is 7.89. The SMILES string of the molecule is CCS(=O)(=O)N(C)CCCCc1ccccc1. The summed E-state index contributed by atoms with van der Waals surface area (Å²) in [6.07, 6.45) is 2.94. The maximum absolute atomic E-state index is 11.5. The Morgan fingerprint density at radius 1 is 1.12 bits per heavy atom. The lowest BCUT2D eigenvalue weighted by Gasteiger charge is -2.15. The minimum absolute atomic E-state index is 0.183. The smallest absolute Gasteiger partial charge is 0.212 e. The van der Waals surface area contributed by atoms with Crippen LogP contribution in [0, 0.1) is 0 Å². The van der Waals surface area contributed by atoms with Crippen LogP contribution in [-0.4, -0.2) is 32.1 Å². The Balaban J connectivity index is 2.25. The highest BCUT2D eigenvalue weighted by Crippen LogP contribution is 2.06. The summed E-state index contributed by atoms with van der Waals surface area (Å²) in [6, 6.07) is 10.3. The molecule has 1 aromatic carbocycles. The normalized spacial score (nSPS) is 11.9. The summed E-state index contributed by atoms with van der Waals surface area (Å²) >= 11 is 0. The molecule has 0 unspecified atom stereocenters. The van der Waals surface area contributed by atoms with Crippen LogP contribution in [0.25, 0.3) is 0 Å². The number of nitrogens with zero attached hydrogens (tertiary/aromatic N) is 1. The molecule has 0 fully saturated rings. The zero-order chi connectivity index (χ0) is 12.7. The fourth-order valence-corrected chi connectivity index (χ4v) is 2.52. The average molecular weight is 255 g/mol. The maximum atomic E-state index is 11.5. The van der Waals surface area contributed by atoms with Crippen molar-refractivity contribution in [1.82, 2.24) is 4.31 Å². The van der Waals surface area contributed by atoms with Gasteiger partial charge in [-0.3, -0.25) is 0 Å². The Bertz CT molecular complexity index is 414. The van der Waals surface area contributed by atoms with Gasteiger partial charge in [0.25, 0.3) is 0 Å². The van der Waals surface area contributed by atoms with E-state index in [9.17, 15) is 8.42 Å². The number of sulfonamides is 1. The van der Waals surface area contributed by atoms with E-state index < -0.39 is 10.0 Å². The molecular weight excluding hydrogens is 234 g/mol. The van der Waals surface area contributed by atoms with Crippen LogP contribution in [0.2, 0.25) is 0 Å². The van der Waals surface area contributed by atoms with Gasteiger partial charge in [-0.1, -0.05) is 30.3 Å². The molecule has 0 radical (unpaired) electrons. The van der Waals surface area contributed by atoms with Crippen molar-refractivity contribution in [2.45, 2.75) is 26.2 Å².